The maximum absolute atomic E-state index is 12.4. The molecule has 1 heterocycles. The van der Waals surface area contributed by atoms with Gasteiger partial charge >= 0.3 is 0 Å². The van der Waals surface area contributed by atoms with Crippen LogP contribution in [-0.2, 0) is 16.0 Å². The summed E-state index contributed by atoms with van der Waals surface area (Å²) in [6.45, 7) is 3.82. The van der Waals surface area contributed by atoms with Gasteiger partial charge in [-0.25, -0.2) is 0 Å². The van der Waals surface area contributed by atoms with Gasteiger partial charge in [0.2, 0.25) is 5.91 Å². The van der Waals surface area contributed by atoms with Crippen LogP contribution < -0.4 is 10.1 Å². The first-order chi connectivity index (χ1) is 11.1. The predicted molar refractivity (Wildman–Crippen MR) is 87.4 cm³/mol. The molecule has 5 nitrogen and oxygen atoms in total. The van der Waals surface area contributed by atoms with Crippen LogP contribution in [0, 0.1) is 16.7 Å². The molecule has 0 saturated carbocycles. The second-order valence-corrected chi connectivity index (χ2v) is 5.93. The smallest absolute Gasteiger partial charge is 0.240 e. The molecule has 0 radical (unpaired) electrons. The van der Waals surface area contributed by atoms with Crippen molar-refractivity contribution in [3.8, 4) is 11.8 Å². The molecule has 0 aromatic heterocycles. The molecule has 6 heteroatoms. The highest BCUT2D eigenvalue weighted by Crippen LogP contribution is 2.30. The van der Waals surface area contributed by atoms with Crippen LogP contribution in [0.1, 0.15) is 25.3 Å². The lowest BCUT2D eigenvalue weighted by Gasteiger charge is -2.29. The molecule has 23 heavy (non-hydrogen) atoms. The zero-order valence-electron chi connectivity index (χ0n) is 13.2. The number of benzene rings is 1. The third-order valence-corrected chi connectivity index (χ3v) is 4.23. The Morgan fingerprint density at radius 1 is 1.48 bits per heavy atom. The summed E-state index contributed by atoms with van der Waals surface area (Å²) >= 11 is 6.02. The van der Waals surface area contributed by atoms with E-state index in [0.717, 1.165) is 11.3 Å². The summed E-state index contributed by atoms with van der Waals surface area (Å²) in [6, 6.07) is 7.62. The van der Waals surface area contributed by atoms with Crippen molar-refractivity contribution in [3.63, 3.8) is 0 Å². The molecule has 1 aromatic rings. The fourth-order valence-electron chi connectivity index (χ4n) is 2.63. The molecule has 2 rings (SSSR count). The van der Waals surface area contributed by atoms with Gasteiger partial charge in [0.15, 0.2) is 0 Å². The molecule has 1 amide bonds. The van der Waals surface area contributed by atoms with Gasteiger partial charge in [-0.1, -0.05) is 11.6 Å². The first-order valence-corrected chi connectivity index (χ1v) is 8.17. The number of carbonyl (C=O) groups is 1. The number of rotatable bonds is 6. The van der Waals surface area contributed by atoms with Crippen LogP contribution in [0.4, 0.5) is 0 Å². The van der Waals surface area contributed by atoms with Gasteiger partial charge in [0.25, 0.3) is 0 Å². The number of halogens is 1. The Morgan fingerprint density at radius 2 is 2.22 bits per heavy atom. The first kappa shape index (κ1) is 17.6. The SMILES string of the molecule is CCOc1ccc(Cl)cc1CCNC(=O)C1(C#N)CCOCC1. The van der Waals surface area contributed by atoms with E-state index in [9.17, 15) is 10.1 Å². The molecule has 0 unspecified atom stereocenters. The van der Waals surface area contributed by atoms with Crippen LogP contribution in [0.25, 0.3) is 0 Å². The number of carbonyl (C=O) groups excluding carboxylic acids is 1. The molecule has 1 fully saturated rings. The van der Waals surface area contributed by atoms with Gasteiger partial charge in [0.05, 0.1) is 12.7 Å². The Morgan fingerprint density at radius 3 is 2.87 bits per heavy atom. The van der Waals surface area contributed by atoms with Crippen molar-refractivity contribution >= 4 is 17.5 Å². The van der Waals surface area contributed by atoms with Gasteiger partial charge in [-0.15, -0.1) is 0 Å². The number of nitriles is 1. The number of amides is 1. The molecule has 0 spiro atoms. The third kappa shape index (κ3) is 4.37. The van der Waals surface area contributed by atoms with E-state index < -0.39 is 5.41 Å². The van der Waals surface area contributed by atoms with Crippen LogP contribution in [0.3, 0.4) is 0 Å². The molecule has 1 aliphatic rings. The van der Waals surface area contributed by atoms with E-state index in [0.29, 0.717) is 50.7 Å². The Labute approximate surface area is 141 Å². The van der Waals surface area contributed by atoms with E-state index in [-0.39, 0.29) is 5.91 Å². The van der Waals surface area contributed by atoms with Gasteiger partial charge in [0, 0.05) is 24.8 Å². The number of hydrogen-bond acceptors (Lipinski definition) is 4. The minimum Gasteiger partial charge on any atom is -0.494 e. The number of hydrogen-bond donors (Lipinski definition) is 1. The van der Waals surface area contributed by atoms with E-state index in [1.807, 2.05) is 19.1 Å². The second kappa shape index (κ2) is 8.19. The van der Waals surface area contributed by atoms with Crippen LogP contribution in [0.15, 0.2) is 18.2 Å². The lowest BCUT2D eigenvalue weighted by molar-refractivity contribution is -0.132. The average molecular weight is 337 g/mol. The fraction of sp³-hybridized carbons (Fsp3) is 0.529. The van der Waals surface area contributed by atoms with E-state index in [4.69, 9.17) is 21.1 Å². The quantitative estimate of drug-likeness (QED) is 0.867. The normalized spacial score (nSPS) is 16.4. The average Bonchev–Trinajstić information content (AvgIpc) is 2.57. The summed E-state index contributed by atoms with van der Waals surface area (Å²) in [5.41, 5.74) is -0.0207. The standard InChI is InChI=1S/C17H21ClN2O3/c1-2-23-15-4-3-14(18)11-13(15)5-8-20-16(21)17(12-19)6-9-22-10-7-17/h3-4,11H,2,5-10H2,1H3,(H,20,21). The van der Waals surface area contributed by atoms with Crippen LogP contribution in [-0.4, -0.2) is 32.3 Å². The Balaban J connectivity index is 1.95. The van der Waals surface area contributed by atoms with E-state index in [2.05, 4.69) is 11.4 Å². The van der Waals surface area contributed by atoms with Crippen molar-refractivity contribution in [2.45, 2.75) is 26.2 Å². The maximum atomic E-state index is 12.4. The maximum Gasteiger partial charge on any atom is 0.240 e. The summed E-state index contributed by atoms with van der Waals surface area (Å²) in [6.07, 6.45) is 1.48. The highest BCUT2D eigenvalue weighted by atomic mass is 35.5. The summed E-state index contributed by atoms with van der Waals surface area (Å²) < 4.78 is 10.8. The monoisotopic (exact) mass is 336 g/mol. The van der Waals surface area contributed by atoms with Gasteiger partial charge in [-0.05, 0) is 49.9 Å². The highest BCUT2D eigenvalue weighted by Gasteiger charge is 2.40. The molecule has 0 aliphatic carbocycles. The van der Waals surface area contributed by atoms with Gasteiger partial charge < -0.3 is 14.8 Å². The lowest BCUT2D eigenvalue weighted by atomic mass is 9.81. The summed E-state index contributed by atoms with van der Waals surface area (Å²) in [5, 5.41) is 12.9. The van der Waals surface area contributed by atoms with E-state index >= 15 is 0 Å². The number of nitrogens with one attached hydrogen (secondary N) is 1. The Kier molecular flexibility index (Phi) is 6.26. The minimum atomic E-state index is -0.963. The van der Waals surface area contributed by atoms with Gasteiger partial charge in [0.1, 0.15) is 11.2 Å². The van der Waals surface area contributed by atoms with Crippen LogP contribution in [0.5, 0.6) is 5.75 Å². The Hall–Kier alpha value is -1.77. The van der Waals surface area contributed by atoms with Crippen molar-refractivity contribution in [2.75, 3.05) is 26.4 Å². The summed E-state index contributed by atoms with van der Waals surface area (Å²) in [5.74, 6) is 0.551. The zero-order valence-corrected chi connectivity index (χ0v) is 14.0. The van der Waals surface area contributed by atoms with Crippen molar-refractivity contribution in [1.29, 1.82) is 5.26 Å². The van der Waals surface area contributed by atoms with Gasteiger partial charge in [-0.3, -0.25) is 4.79 Å². The highest BCUT2D eigenvalue weighted by molar-refractivity contribution is 6.30. The molecule has 0 atom stereocenters. The molecular formula is C17H21ClN2O3. The van der Waals surface area contributed by atoms with E-state index in [1.54, 1.807) is 6.07 Å². The zero-order chi connectivity index (χ0) is 16.7. The third-order valence-electron chi connectivity index (χ3n) is 4.00. The lowest BCUT2D eigenvalue weighted by Crippen LogP contribution is -2.44. The van der Waals surface area contributed by atoms with Crippen molar-refractivity contribution in [3.05, 3.63) is 28.8 Å². The summed E-state index contributed by atoms with van der Waals surface area (Å²) in [4.78, 5) is 12.4. The minimum absolute atomic E-state index is 0.219. The first-order valence-electron chi connectivity index (χ1n) is 7.80. The summed E-state index contributed by atoms with van der Waals surface area (Å²) in [7, 11) is 0. The Bertz CT molecular complexity index is 592. The van der Waals surface area contributed by atoms with Crippen LogP contribution >= 0.6 is 11.6 Å². The van der Waals surface area contributed by atoms with E-state index in [1.165, 1.54) is 0 Å². The second-order valence-electron chi connectivity index (χ2n) is 5.50. The molecule has 124 valence electrons. The topological polar surface area (TPSA) is 71.3 Å². The number of nitrogens with zero attached hydrogens (tertiary/aromatic N) is 1. The molecular weight excluding hydrogens is 316 g/mol. The van der Waals surface area contributed by atoms with Crippen molar-refractivity contribution < 1.29 is 14.3 Å². The molecule has 1 aliphatic heterocycles. The van der Waals surface area contributed by atoms with Crippen molar-refractivity contribution in [2.24, 2.45) is 5.41 Å². The molecule has 1 aromatic carbocycles. The molecule has 1 N–H and O–H groups in total. The molecule has 1 saturated heterocycles. The van der Waals surface area contributed by atoms with Crippen LogP contribution in [0.2, 0.25) is 5.02 Å². The van der Waals surface area contributed by atoms with Crippen molar-refractivity contribution in [1.82, 2.24) is 5.32 Å². The molecule has 0 bridgehead atoms. The fourth-order valence-corrected chi connectivity index (χ4v) is 2.82. The largest absolute Gasteiger partial charge is 0.494 e. The van der Waals surface area contributed by atoms with Gasteiger partial charge in [-0.2, -0.15) is 5.26 Å². The number of ether oxygens (including phenoxy) is 2. The predicted octanol–water partition coefficient (Wildman–Crippen LogP) is 2.72.